The van der Waals surface area contributed by atoms with E-state index in [2.05, 4.69) is 10.3 Å². The van der Waals surface area contributed by atoms with Gasteiger partial charge in [-0.3, -0.25) is 4.79 Å². The van der Waals surface area contributed by atoms with Crippen LogP contribution in [0.15, 0.2) is 46.7 Å². The Morgan fingerprint density at radius 2 is 1.83 bits per heavy atom. The molecule has 30 heavy (non-hydrogen) atoms. The maximum absolute atomic E-state index is 12.8. The van der Waals surface area contributed by atoms with Gasteiger partial charge in [0, 0.05) is 13.1 Å². The van der Waals surface area contributed by atoms with E-state index < -0.39 is 10.0 Å². The van der Waals surface area contributed by atoms with Crippen molar-refractivity contribution in [2.45, 2.75) is 38.6 Å². The summed E-state index contributed by atoms with van der Waals surface area (Å²) < 4.78 is 26.7. The van der Waals surface area contributed by atoms with Gasteiger partial charge in [0.2, 0.25) is 10.0 Å². The van der Waals surface area contributed by atoms with Crippen molar-refractivity contribution in [2.75, 3.05) is 13.1 Å². The summed E-state index contributed by atoms with van der Waals surface area (Å²) in [5.41, 5.74) is 1.54. The number of carbonyl (C=O) groups is 1. The van der Waals surface area contributed by atoms with Gasteiger partial charge < -0.3 is 5.32 Å². The summed E-state index contributed by atoms with van der Waals surface area (Å²) in [6, 6.07) is 10.4. The number of amides is 1. The quantitative estimate of drug-likeness (QED) is 0.525. The number of sulfonamides is 1. The highest BCUT2D eigenvalue weighted by molar-refractivity contribution is 7.89. The first-order chi connectivity index (χ1) is 14.3. The van der Waals surface area contributed by atoms with Gasteiger partial charge in [0.05, 0.1) is 21.5 Å². The minimum atomic E-state index is -3.49. The fourth-order valence-electron chi connectivity index (χ4n) is 3.10. The van der Waals surface area contributed by atoms with Gasteiger partial charge in [-0.15, -0.1) is 22.7 Å². The van der Waals surface area contributed by atoms with E-state index in [1.165, 1.54) is 15.6 Å². The number of rotatable bonds is 8. The third-order valence-electron chi connectivity index (χ3n) is 4.81. The Labute approximate surface area is 185 Å². The van der Waals surface area contributed by atoms with Gasteiger partial charge >= 0.3 is 0 Å². The van der Waals surface area contributed by atoms with Gasteiger partial charge in [-0.25, -0.2) is 13.4 Å². The van der Waals surface area contributed by atoms with Crippen molar-refractivity contribution in [3.63, 3.8) is 0 Å². The van der Waals surface area contributed by atoms with Gasteiger partial charge in [-0.2, -0.15) is 4.31 Å². The van der Waals surface area contributed by atoms with E-state index in [4.69, 9.17) is 0 Å². The predicted octanol–water partition coefficient (Wildman–Crippen LogP) is 4.70. The molecule has 1 unspecified atom stereocenters. The molecular weight excluding hydrogens is 438 g/mol. The first-order valence-electron chi connectivity index (χ1n) is 9.70. The molecule has 2 heterocycles. The second-order valence-electron chi connectivity index (χ2n) is 6.76. The van der Waals surface area contributed by atoms with Crippen LogP contribution >= 0.6 is 22.7 Å². The Hall–Kier alpha value is -2.07. The standard InChI is InChI=1S/C21H25N3O3S3/c1-5-24(6-2)30(26,27)17-11-9-16(10-12-17)14(3)22-20(25)19-15(4)23-21(29-19)18-8-7-13-28-18/h7-14H,5-6H2,1-4H3,(H,22,25). The Kier molecular flexibility index (Phi) is 7.07. The molecule has 3 aromatic rings. The maximum atomic E-state index is 12.8. The summed E-state index contributed by atoms with van der Waals surface area (Å²) in [6.07, 6.45) is 0. The summed E-state index contributed by atoms with van der Waals surface area (Å²) >= 11 is 2.97. The fourth-order valence-corrected chi connectivity index (χ4v) is 6.32. The summed E-state index contributed by atoms with van der Waals surface area (Å²) in [5, 5.41) is 5.81. The number of nitrogens with zero attached hydrogens (tertiary/aromatic N) is 2. The topological polar surface area (TPSA) is 79.4 Å². The van der Waals surface area contributed by atoms with Crippen LogP contribution in [0, 0.1) is 6.92 Å². The number of thiophene rings is 1. The predicted molar refractivity (Wildman–Crippen MR) is 123 cm³/mol. The molecule has 0 aliphatic carbocycles. The van der Waals surface area contributed by atoms with Crippen LogP contribution < -0.4 is 5.32 Å². The molecule has 1 amide bonds. The molecule has 0 aliphatic rings. The molecule has 0 saturated carbocycles. The minimum absolute atomic E-state index is 0.180. The summed E-state index contributed by atoms with van der Waals surface area (Å²) in [6.45, 7) is 8.20. The summed E-state index contributed by atoms with van der Waals surface area (Å²) in [5.74, 6) is -0.180. The van der Waals surface area contributed by atoms with Crippen molar-refractivity contribution >= 4 is 38.6 Å². The zero-order valence-corrected chi connectivity index (χ0v) is 19.8. The third-order valence-corrected chi connectivity index (χ3v) is 9.07. The van der Waals surface area contributed by atoms with Crippen molar-refractivity contribution in [3.8, 4) is 9.88 Å². The molecule has 0 spiro atoms. The number of hydrogen-bond donors (Lipinski definition) is 1. The fraction of sp³-hybridized carbons (Fsp3) is 0.333. The lowest BCUT2D eigenvalue weighted by atomic mass is 10.1. The smallest absolute Gasteiger partial charge is 0.263 e. The molecule has 6 nitrogen and oxygen atoms in total. The molecule has 160 valence electrons. The average molecular weight is 464 g/mol. The van der Waals surface area contributed by atoms with Crippen LogP contribution in [0.1, 0.15) is 47.7 Å². The number of nitrogens with one attached hydrogen (secondary N) is 1. The van der Waals surface area contributed by atoms with Gasteiger partial charge in [0.25, 0.3) is 5.91 Å². The number of benzene rings is 1. The Balaban J connectivity index is 1.73. The zero-order chi connectivity index (χ0) is 21.9. The molecular formula is C21H25N3O3S3. The van der Waals surface area contributed by atoms with Gasteiger partial charge in [0.1, 0.15) is 9.88 Å². The number of hydrogen-bond acceptors (Lipinski definition) is 6. The number of carbonyl (C=O) groups excluding carboxylic acids is 1. The van der Waals surface area contributed by atoms with Gasteiger partial charge in [-0.05, 0) is 43.0 Å². The SMILES string of the molecule is CCN(CC)S(=O)(=O)c1ccc(C(C)NC(=O)c2sc(-c3cccs3)nc2C)cc1. The summed E-state index contributed by atoms with van der Waals surface area (Å²) in [7, 11) is -3.49. The monoisotopic (exact) mass is 463 g/mol. The highest BCUT2D eigenvalue weighted by Gasteiger charge is 2.22. The lowest BCUT2D eigenvalue weighted by Gasteiger charge is -2.19. The van der Waals surface area contributed by atoms with E-state index in [0.717, 1.165) is 15.4 Å². The van der Waals surface area contributed by atoms with Gasteiger partial charge in [0.15, 0.2) is 0 Å². The second-order valence-corrected chi connectivity index (χ2v) is 10.6. The lowest BCUT2D eigenvalue weighted by molar-refractivity contribution is 0.0943. The number of aromatic nitrogens is 1. The molecule has 2 aromatic heterocycles. The van der Waals surface area contributed by atoms with Crippen LogP contribution in [0.3, 0.4) is 0 Å². The number of aryl methyl sites for hydroxylation is 1. The van der Waals surface area contributed by atoms with Crippen LogP contribution in [-0.4, -0.2) is 36.7 Å². The Morgan fingerprint density at radius 1 is 1.17 bits per heavy atom. The van der Waals surface area contributed by atoms with E-state index in [9.17, 15) is 13.2 Å². The van der Waals surface area contributed by atoms with E-state index >= 15 is 0 Å². The highest BCUT2D eigenvalue weighted by atomic mass is 32.2. The van der Waals surface area contributed by atoms with E-state index in [1.807, 2.05) is 45.2 Å². The molecule has 0 bridgehead atoms. The van der Waals surface area contributed by atoms with Crippen LogP contribution in [0.2, 0.25) is 0 Å². The molecule has 1 aromatic carbocycles. The maximum Gasteiger partial charge on any atom is 0.263 e. The Morgan fingerprint density at radius 3 is 2.40 bits per heavy atom. The molecule has 0 saturated heterocycles. The molecule has 1 N–H and O–H groups in total. The van der Waals surface area contributed by atoms with Crippen molar-refractivity contribution in [1.82, 2.24) is 14.6 Å². The molecule has 9 heteroatoms. The van der Waals surface area contributed by atoms with Crippen LogP contribution in [0.5, 0.6) is 0 Å². The molecule has 0 fully saturated rings. The zero-order valence-electron chi connectivity index (χ0n) is 17.4. The van der Waals surface area contributed by atoms with Gasteiger partial charge in [-0.1, -0.05) is 32.0 Å². The summed E-state index contributed by atoms with van der Waals surface area (Å²) in [4.78, 5) is 19.2. The lowest BCUT2D eigenvalue weighted by Crippen LogP contribution is -2.30. The largest absolute Gasteiger partial charge is 0.345 e. The van der Waals surface area contributed by atoms with Crippen LogP contribution in [0.4, 0.5) is 0 Å². The second kappa shape index (κ2) is 9.38. The molecule has 3 rings (SSSR count). The number of thiazole rings is 1. The average Bonchev–Trinajstić information content (AvgIpc) is 3.38. The highest BCUT2D eigenvalue weighted by Crippen LogP contribution is 2.31. The van der Waals surface area contributed by atoms with E-state index in [0.29, 0.717) is 23.7 Å². The molecule has 1 atom stereocenters. The van der Waals surface area contributed by atoms with E-state index in [1.54, 1.807) is 35.6 Å². The van der Waals surface area contributed by atoms with Crippen LogP contribution in [0.25, 0.3) is 9.88 Å². The first kappa shape index (κ1) is 22.6. The van der Waals surface area contributed by atoms with E-state index in [-0.39, 0.29) is 16.8 Å². The van der Waals surface area contributed by atoms with Crippen molar-refractivity contribution in [3.05, 3.63) is 57.9 Å². The molecule has 0 aliphatic heterocycles. The van der Waals surface area contributed by atoms with Crippen molar-refractivity contribution < 1.29 is 13.2 Å². The first-order valence-corrected chi connectivity index (χ1v) is 12.8. The normalized spacial score (nSPS) is 12.8. The Bertz CT molecular complexity index is 1100. The minimum Gasteiger partial charge on any atom is -0.345 e. The third kappa shape index (κ3) is 4.64. The van der Waals surface area contributed by atoms with Crippen molar-refractivity contribution in [1.29, 1.82) is 0 Å². The van der Waals surface area contributed by atoms with Crippen molar-refractivity contribution in [2.24, 2.45) is 0 Å². The molecule has 0 radical (unpaired) electrons. The van der Waals surface area contributed by atoms with Crippen LogP contribution in [-0.2, 0) is 10.0 Å².